The Morgan fingerprint density at radius 3 is 2.50 bits per heavy atom. The van der Waals surface area contributed by atoms with Gasteiger partial charge in [-0.05, 0) is 38.8 Å². The highest BCUT2D eigenvalue weighted by Crippen LogP contribution is 2.26. The van der Waals surface area contributed by atoms with E-state index in [4.69, 9.17) is 4.74 Å². The van der Waals surface area contributed by atoms with E-state index < -0.39 is 0 Å². The molecule has 1 nitrogen and oxygen atoms in total. The third kappa shape index (κ3) is 3.06. The Hall–Kier alpha value is -0.980. The Balaban J connectivity index is 2.67. The predicted octanol–water partition coefficient (Wildman–Crippen LogP) is 3.69. The molecule has 0 N–H and O–H groups in total. The molecule has 0 amide bonds. The van der Waals surface area contributed by atoms with Crippen molar-refractivity contribution >= 4 is 0 Å². The van der Waals surface area contributed by atoms with Crippen molar-refractivity contribution in [2.24, 2.45) is 11.8 Å². The van der Waals surface area contributed by atoms with Crippen LogP contribution in [-0.2, 0) is 4.74 Å². The van der Waals surface area contributed by atoms with Crippen LogP contribution < -0.4 is 0 Å². The Kier molecular flexibility index (Phi) is 3.20. The Bertz CT molecular complexity index is 265. The molecular formula is C13H20O. The molecule has 0 heterocycles. The molecule has 0 spiro atoms. The van der Waals surface area contributed by atoms with Crippen LogP contribution in [-0.4, -0.2) is 5.60 Å². The van der Waals surface area contributed by atoms with E-state index in [1.54, 1.807) is 0 Å². The van der Waals surface area contributed by atoms with E-state index in [1.807, 2.05) is 12.2 Å². The van der Waals surface area contributed by atoms with Gasteiger partial charge in [-0.25, -0.2) is 0 Å². The van der Waals surface area contributed by atoms with Crippen LogP contribution >= 0.6 is 0 Å². The van der Waals surface area contributed by atoms with Crippen LogP contribution in [0.2, 0.25) is 0 Å². The lowest BCUT2D eigenvalue weighted by Gasteiger charge is -2.26. The summed E-state index contributed by atoms with van der Waals surface area (Å²) in [4.78, 5) is 0. The van der Waals surface area contributed by atoms with Gasteiger partial charge in [0.05, 0.1) is 0 Å². The van der Waals surface area contributed by atoms with Gasteiger partial charge in [0.2, 0.25) is 0 Å². The van der Waals surface area contributed by atoms with Gasteiger partial charge in [0.15, 0.2) is 0 Å². The zero-order valence-electron chi connectivity index (χ0n) is 9.58. The standard InChI is InChI=1S/C13H20O/c1-6-11-7-8-12(9-10(11)2)14-13(3,4)5/h6-11H,1H2,2-5H3. The third-order valence-corrected chi connectivity index (χ3v) is 2.21. The second-order valence-electron chi connectivity index (χ2n) is 4.81. The summed E-state index contributed by atoms with van der Waals surface area (Å²) in [5.41, 5.74) is -0.114. The van der Waals surface area contributed by atoms with Crippen molar-refractivity contribution in [3.05, 3.63) is 36.6 Å². The largest absolute Gasteiger partial charge is 0.489 e. The van der Waals surface area contributed by atoms with Gasteiger partial charge in [-0.15, -0.1) is 6.58 Å². The Morgan fingerprint density at radius 2 is 2.07 bits per heavy atom. The second kappa shape index (κ2) is 4.04. The lowest BCUT2D eigenvalue weighted by atomic mass is 9.89. The minimum absolute atomic E-state index is 0.114. The van der Waals surface area contributed by atoms with Gasteiger partial charge >= 0.3 is 0 Å². The molecule has 0 saturated heterocycles. The zero-order valence-corrected chi connectivity index (χ0v) is 9.58. The summed E-state index contributed by atoms with van der Waals surface area (Å²) < 4.78 is 5.78. The fourth-order valence-corrected chi connectivity index (χ4v) is 1.52. The molecule has 2 atom stereocenters. The first kappa shape index (κ1) is 11.1. The van der Waals surface area contributed by atoms with Crippen molar-refractivity contribution in [3.63, 3.8) is 0 Å². The van der Waals surface area contributed by atoms with E-state index in [1.165, 1.54) is 0 Å². The predicted molar refractivity (Wildman–Crippen MR) is 60.9 cm³/mol. The Morgan fingerprint density at radius 1 is 1.43 bits per heavy atom. The maximum Gasteiger partial charge on any atom is 0.116 e. The molecule has 1 heteroatoms. The maximum atomic E-state index is 5.78. The molecule has 0 aromatic rings. The summed E-state index contributed by atoms with van der Waals surface area (Å²) in [5.74, 6) is 1.90. The van der Waals surface area contributed by atoms with Crippen molar-refractivity contribution in [1.82, 2.24) is 0 Å². The topological polar surface area (TPSA) is 9.23 Å². The average molecular weight is 192 g/mol. The van der Waals surface area contributed by atoms with Crippen LogP contribution in [0.25, 0.3) is 0 Å². The number of allylic oxidation sites excluding steroid dienone is 4. The zero-order chi connectivity index (χ0) is 10.8. The van der Waals surface area contributed by atoms with E-state index in [0.717, 1.165) is 5.76 Å². The normalized spacial score (nSPS) is 27.0. The third-order valence-electron chi connectivity index (χ3n) is 2.21. The smallest absolute Gasteiger partial charge is 0.116 e. The van der Waals surface area contributed by atoms with E-state index >= 15 is 0 Å². The molecule has 0 radical (unpaired) electrons. The molecule has 2 unspecified atom stereocenters. The first-order valence-electron chi connectivity index (χ1n) is 5.14. The van der Waals surface area contributed by atoms with Crippen LogP contribution in [0.5, 0.6) is 0 Å². The molecule has 0 aromatic carbocycles. The first-order chi connectivity index (χ1) is 6.42. The van der Waals surface area contributed by atoms with Crippen LogP contribution in [0.3, 0.4) is 0 Å². The fraction of sp³-hybridized carbons (Fsp3) is 0.538. The van der Waals surface area contributed by atoms with E-state index in [9.17, 15) is 0 Å². The highest BCUT2D eigenvalue weighted by Gasteiger charge is 2.18. The highest BCUT2D eigenvalue weighted by molar-refractivity contribution is 5.23. The van der Waals surface area contributed by atoms with Gasteiger partial charge in [0, 0.05) is 5.92 Å². The number of ether oxygens (including phenoxy) is 1. The van der Waals surface area contributed by atoms with E-state index in [2.05, 4.69) is 46.4 Å². The summed E-state index contributed by atoms with van der Waals surface area (Å²) in [7, 11) is 0. The number of hydrogen-bond acceptors (Lipinski definition) is 1. The van der Waals surface area contributed by atoms with Crippen molar-refractivity contribution in [3.8, 4) is 0 Å². The average Bonchev–Trinajstić information content (AvgIpc) is 2.01. The molecule has 0 saturated carbocycles. The molecule has 14 heavy (non-hydrogen) atoms. The highest BCUT2D eigenvalue weighted by atomic mass is 16.5. The quantitative estimate of drug-likeness (QED) is 0.606. The number of hydrogen-bond donors (Lipinski definition) is 0. The van der Waals surface area contributed by atoms with Crippen molar-refractivity contribution < 1.29 is 4.74 Å². The molecule has 1 aliphatic carbocycles. The Labute approximate surface area is 87.2 Å². The summed E-state index contributed by atoms with van der Waals surface area (Å²) >= 11 is 0. The van der Waals surface area contributed by atoms with Gasteiger partial charge in [-0.2, -0.15) is 0 Å². The van der Waals surface area contributed by atoms with Gasteiger partial charge < -0.3 is 4.74 Å². The van der Waals surface area contributed by atoms with E-state index in [-0.39, 0.29) is 5.60 Å². The van der Waals surface area contributed by atoms with Crippen LogP contribution in [0.4, 0.5) is 0 Å². The molecule has 1 rings (SSSR count). The molecule has 0 fully saturated rings. The fourth-order valence-electron chi connectivity index (χ4n) is 1.52. The van der Waals surface area contributed by atoms with Gasteiger partial charge in [0.1, 0.15) is 11.4 Å². The lowest BCUT2D eigenvalue weighted by Crippen LogP contribution is -2.20. The maximum absolute atomic E-state index is 5.78. The first-order valence-corrected chi connectivity index (χ1v) is 5.14. The minimum Gasteiger partial charge on any atom is -0.489 e. The lowest BCUT2D eigenvalue weighted by molar-refractivity contribution is 0.0577. The number of rotatable bonds is 2. The summed E-state index contributed by atoms with van der Waals surface area (Å²) in [6.07, 6.45) is 8.33. The molecule has 0 aliphatic heterocycles. The molecule has 78 valence electrons. The molecule has 0 aromatic heterocycles. The van der Waals surface area contributed by atoms with E-state index in [0.29, 0.717) is 11.8 Å². The summed E-state index contributed by atoms with van der Waals surface area (Å²) in [6.45, 7) is 12.2. The monoisotopic (exact) mass is 192 g/mol. The summed E-state index contributed by atoms with van der Waals surface area (Å²) in [5, 5.41) is 0. The van der Waals surface area contributed by atoms with Crippen LogP contribution in [0, 0.1) is 11.8 Å². The van der Waals surface area contributed by atoms with Gasteiger partial charge in [-0.1, -0.05) is 19.1 Å². The SMILES string of the molecule is C=CC1C=CC(OC(C)(C)C)=CC1C. The van der Waals surface area contributed by atoms with Crippen LogP contribution in [0.1, 0.15) is 27.7 Å². The molecule has 0 bridgehead atoms. The second-order valence-corrected chi connectivity index (χ2v) is 4.81. The van der Waals surface area contributed by atoms with Gasteiger partial charge in [0.25, 0.3) is 0 Å². The minimum atomic E-state index is -0.114. The van der Waals surface area contributed by atoms with Crippen LogP contribution in [0.15, 0.2) is 36.6 Å². The molecular weight excluding hydrogens is 172 g/mol. The van der Waals surface area contributed by atoms with Crippen molar-refractivity contribution in [1.29, 1.82) is 0 Å². The van der Waals surface area contributed by atoms with Gasteiger partial charge in [-0.3, -0.25) is 0 Å². The summed E-state index contributed by atoms with van der Waals surface area (Å²) in [6, 6.07) is 0. The molecule has 1 aliphatic rings. The van der Waals surface area contributed by atoms with Crippen molar-refractivity contribution in [2.75, 3.05) is 0 Å². The van der Waals surface area contributed by atoms with Crippen molar-refractivity contribution in [2.45, 2.75) is 33.3 Å².